The molecule has 0 aliphatic carbocycles. The van der Waals surface area contributed by atoms with E-state index in [9.17, 15) is 4.79 Å². The van der Waals surface area contributed by atoms with Gasteiger partial charge < -0.3 is 9.26 Å². The maximum Gasteiger partial charge on any atom is 0.334 e. The molecule has 0 bridgehead atoms. The van der Waals surface area contributed by atoms with Crippen molar-refractivity contribution in [2.24, 2.45) is 0 Å². The van der Waals surface area contributed by atoms with Crippen LogP contribution in [0.3, 0.4) is 0 Å². The fourth-order valence-corrected chi connectivity index (χ4v) is 2.28. The molecule has 0 unspecified atom stereocenters. The Balaban J connectivity index is 2.33. The van der Waals surface area contributed by atoms with Crippen LogP contribution in [0.4, 0.5) is 0 Å². The Labute approximate surface area is 140 Å². The number of aryl methyl sites for hydroxylation is 1. The quantitative estimate of drug-likeness (QED) is 0.345. The minimum atomic E-state index is -0.507. The van der Waals surface area contributed by atoms with Gasteiger partial charge >= 0.3 is 5.97 Å². The molecular weight excluding hydrogens is 290 g/mol. The maximum atomic E-state index is 11.9. The standard InChI is InChI=1S/C19H31NO3/c1-6-7-8-9-10-11-12-17-14-16(20-23-17)13-15(2)18(21)22-19(3,4)5/h14H,2,6-13H2,1,3-5H3. The largest absolute Gasteiger partial charge is 0.457 e. The van der Waals surface area contributed by atoms with Crippen LogP contribution < -0.4 is 0 Å². The van der Waals surface area contributed by atoms with Crippen molar-refractivity contribution in [3.8, 4) is 0 Å². The summed E-state index contributed by atoms with van der Waals surface area (Å²) >= 11 is 0. The lowest BCUT2D eigenvalue weighted by atomic mass is 10.1. The van der Waals surface area contributed by atoms with Crippen LogP contribution in [-0.2, 0) is 22.4 Å². The molecular formula is C19H31NO3. The minimum absolute atomic E-state index is 0.370. The van der Waals surface area contributed by atoms with Crippen molar-refractivity contribution in [1.82, 2.24) is 5.16 Å². The molecule has 0 spiro atoms. The van der Waals surface area contributed by atoms with E-state index in [4.69, 9.17) is 9.26 Å². The van der Waals surface area contributed by atoms with Crippen molar-refractivity contribution >= 4 is 5.97 Å². The fourth-order valence-electron chi connectivity index (χ4n) is 2.28. The van der Waals surface area contributed by atoms with Gasteiger partial charge in [0.1, 0.15) is 11.4 Å². The molecule has 4 nitrogen and oxygen atoms in total. The molecule has 23 heavy (non-hydrogen) atoms. The zero-order valence-corrected chi connectivity index (χ0v) is 15.1. The number of esters is 1. The van der Waals surface area contributed by atoms with Crippen molar-refractivity contribution in [2.45, 2.75) is 84.7 Å². The van der Waals surface area contributed by atoms with Crippen molar-refractivity contribution < 1.29 is 14.1 Å². The van der Waals surface area contributed by atoms with Crippen molar-refractivity contribution in [2.75, 3.05) is 0 Å². The lowest BCUT2D eigenvalue weighted by molar-refractivity contribution is -0.149. The molecule has 0 radical (unpaired) electrons. The number of aromatic nitrogens is 1. The highest BCUT2D eigenvalue weighted by Gasteiger charge is 2.19. The molecule has 0 N–H and O–H groups in total. The molecule has 0 amide bonds. The number of unbranched alkanes of at least 4 members (excludes halogenated alkanes) is 5. The van der Waals surface area contributed by atoms with E-state index in [-0.39, 0.29) is 5.97 Å². The van der Waals surface area contributed by atoms with Crippen LogP contribution in [0.25, 0.3) is 0 Å². The molecule has 0 saturated heterocycles. The van der Waals surface area contributed by atoms with E-state index in [2.05, 4.69) is 18.7 Å². The van der Waals surface area contributed by atoms with E-state index in [0.29, 0.717) is 12.0 Å². The van der Waals surface area contributed by atoms with Gasteiger partial charge in [0.05, 0.1) is 5.69 Å². The first-order valence-corrected chi connectivity index (χ1v) is 8.67. The Kier molecular flexibility index (Phi) is 8.07. The Morgan fingerprint density at radius 3 is 2.52 bits per heavy atom. The summed E-state index contributed by atoms with van der Waals surface area (Å²) < 4.78 is 10.6. The second-order valence-electron chi connectivity index (χ2n) is 7.08. The SMILES string of the molecule is C=C(Cc1cc(CCCCCCCC)on1)C(=O)OC(C)(C)C. The van der Waals surface area contributed by atoms with Gasteiger partial charge in [-0.1, -0.05) is 50.8 Å². The minimum Gasteiger partial charge on any atom is -0.457 e. The van der Waals surface area contributed by atoms with Crippen molar-refractivity contribution in [1.29, 1.82) is 0 Å². The third-order valence-electron chi connectivity index (χ3n) is 3.47. The summed E-state index contributed by atoms with van der Waals surface area (Å²) in [6, 6.07) is 1.92. The first-order chi connectivity index (χ1) is 10.8. The van der Waals surface area contributed by atoms with Crippen molar-refractivity contribution in [3.63, 3.8) is 0 Å². The van der Waals surface area contributed by atoms with Gasteiger partial charge in [-0.25, -0.2) is 4.79 Å². The number of carbonyl (C=O) groups excluding carboxylic acids is 1. The number of hydrogen-bond acceptors (Lipinski definition) is 4. The van der Waals surface area contributed by atoms with Gasteiger partial charge in [0, 0.05) is 24.5 Å². The lowest BCUT2D eigenvalue weighted by Crippen LogP contribution is -2.25. The number of carbonyl (C=O) groups is 1. The lowest BCUT2D eigenvalue weighted by Gasteiger charge is -2.19. The summed E-state index contributed by atoms with van der Waals surface area (Å²) in [5, 5.41) is 4.02. The molecule has 0 aromatic carbocycles. The first kappa shape index (κ1) is 19.5. The third kappa shape index (κ3) is 8.58. The molecule has 0 aliphatic rings. The second kappa shape index (κ2) is 9.53. The summed E-state index contributed by atoms with van der Waals surface area (Å²) in [5.41, 5.74) is 0.633. The van der Waals surface area contributed by atoms with Crippen LogP contribution in [0.2, 0.25) is 0 Å². The number of hydrogen-bond donors (Lipinski definition) is 0. The van der Waals surface area contributed by atoms with E-state index >= 15 is 0 Å². The highest BCUT2D eigenvalue weighted by atomic mass is 16.6. The van der Waals surface area contributed by atoms with Gasteiger partial charge in [0.2, 0.25) is 0 Å². The van der Waals surface area contributed by atoms with Gasteiger partial charge in [0.15, 0.2) is 0 Å². The van der Waals surface area contributed by atoms with Crippen LogP contribution in [0.5, 0.6) is 0 Å². The second-order valence-corrected chi connectivity index (χ2v) is 7.08. The highest BCUT2D eigenvalue weighted by Crippen LogP contribution is 2.15. The summed E-state index contributed by atoms with van der Waals surface area (Å²) in [6.45, 7) is 11.5. The normalized spacial score (nSPS) is 11.5. The summed E-state index contributed by atoms with van der Waals surface area (Å²) in [5.74, 6) is 0.505. The zero-order valence-electron chi connectivity index (χ0n) is 15.1. The first-order valence-electron chi connectivity index (χ1n) is 8.67. The van der Waals surface area contributed by atoms with Crippen LogP contribution in [0, 0.1) is 0 Å². The Bertz CT molecular complexity index is 497. The molecule has 0 aliphatic heterocycles. The zero-order chi connectivity index (χ0) is 17.3. The molecule has 0 atom stereocenters. The smallest absolute Gasteiger partial charge is 0.334 e. The van der Waals surface area contributed by atoms with Gasteiger partial charge in [-0.05, 0) is 27.2 Å². The van der Waals surface area contributed by atoms with Crippen LogP contribution in [0.15, 0.2) is 22.7 Å². The van der Waals surface area contributed by atoms with Gasteiger partial charge in [-0.2, -0.15) is 0 Å². The average molecular weight is 321 g/mol. The Morgan fingerprint density at radius 2 is 1.87 bits per heavy atom. The molecule has 4 heteroatoms. The number of rotatable bonds is 10. The topological polar surface area (TPSA) is 52.3 Å². The molecule has 0 fully saturated rings. The molecule has 130 valence electrons. The Hall–Kier alpha value is -1.58. The summed E-state index contributed by atoms with van der Waals surface area (Å²) in [6.07, 6.45) is 8.79. The predicted octanol–water partition coefficient (Wildman–Crippen LogP) is 5.02. The van der Waals surface area contributed by atoms with E-state index in [0.717, 1.165) is 24.3 Å². The maximum absolute atomic E-state index is 11.9. The van der Waals surface area contributed by atoms with E-state index in [1.807, 2.05) is 26.8 Å². The van der Waals surface area contributed by atoms with Crippen LogP contribution >= 0.6 is 0 Å². The van der Waals surface area contributed by atoms with Gasteiger partial charge in [0.25, 0.3) is 0 Å². The molecule has 1 rings (SSSR count). The summed E-state index contributed by atoms with van der Waals surface area (Å²) in [4.78, 5) is 11.9. The third-order valence-corrected chi connectivity index (χ3v) is 3.47. The average Bonchev–Trinajstić information content (AvgIpc) is 2.88. The molecule has 1 heterocycles. The monoisotopic (exact) mass is 321 g/mol. The molecule has 1 aromatic rings. The van der Waals surface area contributed by atoms with Gasteiger partial charge in [-0.3, -0.25) is 0 Å². The highest BCUT2D eigenvalue weighted by molar-refractivity contribution is 5.88. The van der Waals surface area contributed by atoms with Crippen LogP contribution in [0.1, 0.15) is 77.7 Å². The van der Waals surface area contributed by atoms with E-state index in [1.165, 1.54) is 32.1 Å². The van der Waals surface area contributed by atoms with E-state index < -0.39 is 5.60 Å². The molecule has 1 aromatic heterocycles. The summed E-state index contributed by atoms with van der Waals surface area (Å²) in [7, 11) is 0. The van der Waals surface area contributed by atoms with E-state index in [1.54, 1.807) is 0 Å². The van der Waals surface area contributed by atoms with Crippen LogP contribution in [-0.4, -0.2) is 16.7 Å². The Morgan fingerprint density at radius 1 is 1.22 bits per heavy atom. The predicted molar refractivity (Wildman–Crippen MR) is 92.3 cm³/mol. The number of ether oxygens (including phenoxy) is 1. The van der Waals surface area contributed by atoms with Gasteiger partial charge in [-0.15, -0.1) is 0 Å². The molecule has 0 saturated carbocycles. The van der Waals surface area contributed by atoms with Crippen molar-refractivity contribution in [3.05, 3.63) is 29.7 Å². The fraction of sp³-hybridized carbons (Fsp3) is 0.684. The number of nitrogens with zero attached hydrogens (tertiary/aromatic N) is 1.